The molecule has 0 aromatic heterocycles. The van der Waals surface area contributed by atoms with E-state index in [0.717, 1.165) is 19.4 Å². The molecule has 0 radical (unpaired) electrons. The Bertz CT molecular complexity index is 135. The highest BCUT2D eigenvalue weighted by molar-refractivity contribution is 5.77. The molecule has 0 spiro atoms. The molecule has 78 valence electrons. The first-order valence-corrected chi connectivity index (χ1v) is 5.01. The lowest BCUT2D eigenvalue weighted by molar-refractivity contribution is -0.125. The van der Waals surface area contributed by atoms with Gasteiger partial charge < -0.3 is 10.1 Å². The third-order valence-corrected chi connectivity index (χ3v) is 1.63. The fraction of sp³-hybridized carbons (Fsp3) is 0.900. The summed E-state index contributed by atoms with van der Waals surface area (Å²) < 4.78 is 5.09. The molecule has 0 atom stereocenters. The van der Waals surface area contributed by atoms with E-state index in [2.05, 4.69) is 19.2 Å². The van der Waals surface area contributed by atoms with Crippen molar-refractivity contribution < 1.29 is 9.53 Å². The van der Waals surface area contributed by atoms with Gasteiger partial charge in [-0.2, -0.15) is 0 Å². The zero-order chi connectivity index (χ0) is 10.1. The number of carbonyl (C=O) groups is 1. The first-order chi connectivity index (χ1) is 6.16. The quantitative estimate of drug-likeness (QED) is 0.614. The molecule has 13 heavy (non-hydrogen) atoms. The fourth-order valence-corrected chi connectivity index (χ4v) is 0.860. The van der Waals surface area contributed by atoms with E-state index in [0.29, 0.717) is 12.5 Å². The van der Waals surface area contributed by atoms with Crippen molar-refractivity contribution in [2.24, 2.45) is 5.92 Å². The largest absolute Gasteiger partial charge is 0.372 e. The Morgan fingerprint density at radius 3 is 2.69 bits per heavy atom. The Morgan fingerprint density at radius 2 is 2.15 bits per heavy atom. The van der Waals surface area contributed by atoms with Crippen molar-refractivity contribution in [3.63, 3.8) is 0 Å². The van der Waals surface area contributed by atoms with Gasteiger partial charge in [0.25, 0.3) is 0 Å². The maximum Gasteiger partial charge on any atom is 0.245 e. The van der Waals surface area contributed by atoms with E-state index in [1.165, 1.54) is 0 Å². The number of hydrogen-bond donors (Lipinski definition) is 1. The number of carbonyl (C=O) groups excluding carboxylic acids is 1. The first-order valence-electron chi connectivity index (χ1n) is 5.01. The Morgan fingerprint density at radius 1 is 1.46 bits per heavy atom. The van der Waals surface area contributed by atoms with E-state index < -0.39 is 0 Å². The third kappa shape index (κ3) is 9.34. The molecule has 0 saturated carbocycles. The van der Waals surface area contributed by atoms with Crippen LogP contribution in [-0.4, -0.2) is 25.7 Å². The van der Waals surface area contributed by atoms with Crippen LogP contribution in [0.1, 0.15) is 33.6 Å². The monoisotopic (exact) mass is 187 g/mol. The lowest BCUT2D eigenvalue weighted by atomic mass is 10.1. The van der Waals surface area contributed by atoms with Gasteiger partial charge in [0.15, 0.2) is 0 Å². The molecule has 0 aliphatic carbocycles. The first kappa shape index (κ1) is 12.4. The predicted molar refractivity (Wildman–Crippen MR) is 53.6 cm³/mol. The predicted octanol–water partition coefficient (Wildman–Crippen LogP) is 1.58. The minimum absolute atomic E-state index is 0.00546. The molecule has 0 rings (SSSR count). The molecule has 0 heterocycles. The Balaban J connectivity index is 3.20. The highest BCUT2D eigenvalue weighted by Crippen LogP contribution is 1.95. The minimum Gasteiger partial charge on any atom is -0.372 e. The third-order valence-electron chi connectivity index (χ3n) is 1.63. The Kier molecular flexibility index (Phi) is 7.69. The summed E-state index contributed by atoms with van der Waals surface area (Å²) >= 11 is 0. The lowest BCUT2D eigenvalue weighted by Crippen LogP contribution is -2.29. The van der Waals surface area contributed by atoms with Crippen LogP contribution in [0.15, 0.2) is 0 Å². The van der Waals surface area contributed by atoms with Gasteiger partial charge in [0.2, 0.25) is 5.91 Å². The van der Waals surface area contributed by atoms with Crippen molar-refractivity contribution in [1.82, 2.24) is 5.32 Å². The van der Waals surface area contributed by atoms with E-state index in [1.54, 1.807) is 0 Å². The lowest BCUT2D eigenvalue weighted by Gasteiger charge is -2.07. The maximum absolute atomic E-state index is 11.1. The Labute approximate surface area is 80.8 Å². The highest BCUT2D eigenvalue weighted by Gasteiger charge is 2.00. The summed E-state index contributed by atoms with van der Waals surface area (Å²) in [5.41, 5.74) is 0. The molecule has 0 aliphatic heterocycles. The molecule has 0 fully saturated rings. The number of ether oxygens (including phenoxy) is 1. The molecule has 0 unspecified atom stereocenters. The van der Waals surface area contributed by atoms with E-state index >= 15 is 0 Å². The van der Waals surface area contributed by atoms with Crippen LogP contribution >= 0.6 is 0 Å². The molecule has 0 aromatic carbocycles. The van der Waals surface area contributed by atoms with Crippen LogP contribution in [0.2, 0.25) is 0 Å². The fourth-order valence-electron chi connectivity index (χ4n) is 0.860. The zero-order valence-corrected chi connectivity index (χ0v) is 8.93. The van der Waals surface area contributed by atoms with Gasteiger partial charge in [-0.25, -0.2) is 0 Å². The van der Waals surface area contributed by atoms with Crippen LogP contribution in [0, 0.1) is 5.92 Å². The van der Waals surface area contributed by atoms with E-state index in [-0.39, 0.29) is 12.5 Å². The maximum atomic E-state index is 11.1. The van der Waals surface area contributed by atoms with E-state index in [4.69, 9.17) is 4.74 Å². The number of amides is 1. The topological polar surface area (TPSA) is 38.3 Å². The number of nitrogens with one attached hydrogen (secondary N) is 1. The van der Waals surface area contributed by atoms with Gasteiger partial charge in [-0.15, -0.1) is 0 Å². The second-order valence-corrected chi connectivity index (χ2v) is 3.59. The van der Waals surface area contributed by atoms with Gasteiger partial charge in [-0.1, -0.05) is 20.8 Å². The van der Waals surface area contributed by atoms with Gasteiger partial charge in [0.1, 0.15) is 6.61 Å². The number of rotatable bonds is 7. The minimum atomic E-state index is -0.00546. The normalized spacial score (nSPS) is 10.5. The smallest absolute Gasteiger partial charge is 0.245 e. The summed E-state index contributed by atoms with van der Waals surface area (Å²) in [5.74, 6) is 0.631. The second kappa shape index (κ2) is 8.05. The second-order valence-electron chi connectivity index (χ2n) is 3.59. The van der Waals surface area contributed by atoms with E-state index in [9.17, 15) is 4.79 Å². The summed E-state index contributed by atoms with van der Waals surface area (Å²) in [5, 5.41) is 2.81. The SMILES string of the molecule is CCCOCC(=O)NCCC(C)C. The van der Waals surface area contributed by atoms with Crippen molar-refractivity contribution in [2.75, 3.05) is 19.8 Å². The average Bonchev–Trinajstić information content (AvgIpc) is 2.04. The summed E-state index contributed by atoms with van der Waals surface area (Å²) in [6.45, 7) is 7.92. The zero-order valence-electron chi connectivity index (χ0n) is 8.93. The van der Waals surface area contributed by atoms with Crippen LogP contribution in [-0.2, 0) is 9.53 Å². The van der Waals surface area contributed by atoms with Crippen LogP contribution in [0.5, 0.6) is 0 Å². The summed E-state index contributed by atoms with van der Waals surface area (Å²) in [6.07, 6.45) is 1.98. The molecule has 3 heteroatoms. The Hall–Kier alpha value is -0.570. The van der Waals surface area contributed by atoms with Crippen LogP contribution in [0.4, 0.5) is 0 Å². The molecular formula is C10H21NO2. The van der Waals surface area contributed by atoms with Crippen molar-refractivity contribution in [2.45, 2.75) is 33.6 Å². The molecule has 3 nitrogen and oxygen atoms in total. The summed E-state index contributed by atoms with van der Waals surface area (Å²) in [6, 6.07) is 0. The van der Waals surface area contributed by atoms with Crippen LogP contribution in [0.3, 0.4) is 0 Å². The van der Waals surface area contributed by atoms with Gasteiger partial charge in [0, 0.05) is 13.2 Å². The van der Waals surface area contributed by atoms with Crippen molar-refractivity contribution in [3.8, 4) is 0 Å². The molecule has 1 amide bonds. The number of hydrogen-bond acceptors (Lipinski definition) is 2. The molecule has 0 aromatic rings. The van der Waals surface area contributed by atoms with Gasteiger partial charge in [-0.3, -0.25) is 4.79 Å². The van der Waals surface area contributed by atoms with E-state index in [1.807, 2.05) is 6.92 Å². The van der Waals surface area contributed by atoms with Crippen LogP contribution < -0.4 is 5.32 Å². The summed E-state index contributed by atoms with van der Waals surface area (Å²) in [7, 11) is 0. The van der Waals surface area contributed by atoms with Gasteiger partial charge in [-0.05, 0) is 18.8 Å². The molecular weight excluding hydrogens is 166 g/mol. The van der Waals surface area contributed by atoms with Crippen molar-refractivity contribution >= 4 is 5.91 Å². The average molecular weight is 187 g/mol. The highest BCUT2D eigenvalue weighted by atomic mass is 16.5. The van der Waals surface area contributed by atoms with Crippen molar-refractivity contribution in [3.05, 3.63) is 0 Å². The summed E-state index contributed by atoms with van der Waals surface area (Å²) in [4.78, 5) is 11.1. The molecule has 0 bridgehead atoms. The van der Waals surface area contributed by atoms with Crippen LogP contribution in [0.25, 0.3) is 0 Å². The van der Waals surface area contributed by atoms with Gasteiger partial charge >= 0.3 is 0 Å². The standard InChI is InChI=1S/C10H21NO2/c1-4-7-13-8-10(12)11-6-5-9(2)3/h9H,4-8H2,1-3H3,(H,11,12). The molecule has 0 aliphatic rings. The molecule has 0 saturated heterocycles. The van der Waals surface area contributed by atoms with Crippen molar-refractivity contribution in [1.29, 1.82) is 0 Å². The van der Waals surface area contributed by atoms with Gasteiger partial charge in [0.05, 0.1) is 0 Å². The molecule has 1 N–H and O–H groups in total.